The standard InChI is InChI=1S/C8H16N2O3/c1-9-5-7(6-9)4-8(11)10(12-2)13-3/h7H,4-6H2,1-3H3. The molecule has 1 fully saturated rings. The van der Waals surface area contributed by atoms with Crippen LogP contribution >= 0.6 is 0 Å². The lowest BCUT2D eigenvalue weighted by Gasteiger charge is -2.36. The molecule has 0 aromatic rings. The summed E-state index contributed by atoms with van der Waals surface area (Å²) in [5, 5.41) is 0.915. The topological polar surface area (TPSA) is 42.0 Å². The number of hydrogen-bond acceptors (Lipinski definition) is 4. The van der Waals surface area contributed by atoms with Crippen LogP contribution in [-0.4, -0.2) is 50.4 Å². The summed E-state index contributed by atoms with van der Waals surface area (Å²) in [4.78, 5) is 23.0. The maximum Gasteiger partial charge on any atom is 0.273 e. The fourth-order valence-electron chi connectivity index (χ4n) is 1.56. The van der Waals surface area contributed by atoms with Crippen molar-refractivity contribution in [2.24, 2.45) is 5.92 Å². The van der Waals surface area contributed by atoms with E-state index < -0.39 is 0 Å². The highest BCUT2D eigenvalue weighted by Gasteiger charge is 2.27. The van der Waals surface area contributed by atoms with Gasteiger partial charge in [0.15, 0.2) is 0 Å². The molecule has 0 radical (unpaired) electrons. The Bertz CT molecular complexity index is 176. The van der Waals surface area contributed by atoms with Crippen LogP contribution in [0, 0.1) is 5.92 Å². The van der Waals surface area contributed by atoms with Crippen LogP contribution in [0.2, 0.25) is 0 Å². The monoisotopic (exact) mass is 188 g/mol. The summed E-state index contributed by atoms with van der Waals surface area (Å²) in [5.41, 5.74) is 0. The molecule has 0 unspecified atom stereocenters. The zero-order valence-corrected chi connectivity index (χ0v) is 8.32. The molecule has 0 aromatic carbocycles. The number of carbonyl (C=O) groups excluding carboxylic acids is 1. The lowest BCUT2D eigenvalue weighted by molar-refractivity contribution is -0.318. The zero-order valence-electron chi connectivity index (χ0n) is 8.32. The predicted octanol–water partition coefficient (Wildman–Crippen LogP) is -0.111. The minimum Gasteiger partial charge on any atom is -0.306 e. The van der Waals surface area contributed by atoms with E-state index >= 15 is 0 Å². The molecule has 0 aliphatic carbocycles. The first-order chi connectivity index (χ1) is 6.17. The van der Waals surface area contributed by atoms with Crippen LogP contribution in [-0.2, 0) is 14.5 Å². The first kappa shape index (κ1) is 10.4. The van der Waals surface area contributed by atoms with E-state index in [-0.39, 0.29) is 5.91 Å². The van der Waals surface area contributed by atoms with Crippen LogP contribution in [0.4, 0.5) is 0 Å². The normalized spacial score (nSPS) is 18.4. The van der Waals surface area contributed by atoms with Crippen molar-refractivity contribution in [1.29, 1.82) is 0 Å². The smallest absolute Gasteiger partial charge is 0.273 e. The van der Waals surface area contributed by atoms with E-state index in [0.717, 1.165) is 18.3 Å². The molecule has 0 spiro atoms. The Labute approximate surface area is 78.1 Å². The second-order valence-corrected chi connectivity index (χ2v) is 3.31. The number of hydroxylamine groups is 2. The van der Waals surface area contributed by atoms with Gasteiger partial charge in [0.05, 0.1) is 14.2 Å². The number of carbonyl (C=O) groups is 1. The molecule has 0 atom stereocenters. The molecule has 0 bridgehead atoms. The van der Waals surface area contributed by atoms with Crippen LogP contribution in [0.1, 0.15) is 6.42 Å². The molecule has 1 rings (SSSR count). The van der Waals surface area contributed by atoms with Crippen molar-refractivity contribution in [2.45, 2.75) is 6.42 Å². The van der Waals surface area contributed by atoms with Crippen molar-refractivity contribution in [3.63, 3.8) is 0 Å². The van der Waals surface area contributed by atoms with Crippen molar-refractivity contribution in [3.8, 4) is 0 Å². The Morgan fingerprint density at radius 2 is 2.00 bits per heavy atom. The maximum absolute atomic E-state index is 11.4. The van der Waals surface area contributed by atoms with Gasteiger partial charge in [-0.2, -0.15) is 0 Å². The highest BCUT2D eigenvalue weighted by Crippen LogP contribution is 2.17. The maximum atomic E-state index is 11.4. The minimum absolute atomic E-state index is 0.122. The van der Waals surface area contributed by atoms with Gasteiger partial charge in [0.1, 0.15) is 0 Å². The lowest BCUT2D eigenvalue weighted by atomic mass is 9.97. The Morgan fingerprint density at radius 3 is 2.38 bits per heavy atom. The van der Waals surface area contributed by atoms with Crippen LogP contribution in [0.15, 0.2) is 0 Å². The number of rotatable bonds is 4. The first-order valence-corrected chi connectivity index (χ1v) is 4.27. The van der Waals surface area contributed by atoms with Gasteiger partial charge < -0.3 is 4.90 Å². The summed E-state index contributed by atoms with van der Waals surface area (Å²) >= 11 is 0. The van der Waals surface area contributed by atoms with Crippen LogP contribution in [0.5, 0.6) is 0 Å². The zero-order chi connectivity index (χ0) is 9.84. The van der Waals surface area contributed by atoms with Gasteiger partial charge >= 0.3 is 0 Å². The van der Waals surface area contributed by atoms with Crippen LogP contribution in [0.3, 0.4) is 0 Å². The largest absolute Gasteiger partial charge is 0.306 e. The van der Waals surface area contributed by atoms with E-state index in [4.69, 9.17) is 9.68 Å². The van der Waals surface area contributed by atoms with E-state index in [9.17, 15) is 4.79 Å². The number of nitrogens with zero attached hydrogens (tertiary/aromatic N) is 2. The van der Waals surface area contributed by atoms with Gasteiger partial charge in [0, 0.05) is 19.5 Å². The fourth-order valence-corrected chi connectivity index (χ4v) is 1.56. The van der Waals surface area contributed by atoms with Gasteiger partial charge in [-0.15, -0.1) is 0 Å². The van der Waals surface area contributed by atoms with Gasteiger partial charge in [-0.3, -0.25) is 4.79 Å². The van der Waals surface area contributed by atoms with Crippen molar-refractivity contribution in [1.82, 2.24) is 10.1 Å². The second-order valence-electron chi connectivity index (χ2n) is 3.31. The van der Waals surface area contributed by atoms with E-state index in [1.807, 2.05) is 7.05 Å². The Kier molecular flexibility index (Phi) is 3.65. The molecule has 13 heavy (non-hydrogen) atoms. The Balaban J connectivity index is 2.24. The van der Waals surface area contributed by atoms with Crippen molar-refractivity contribution >= 4 is 5.91 Å². The van der Waals surface area contributed by atoms with Crippen molar-refractivity contribution in [3.05, 3.63) is 0 Å². The van der Waals surface area contributed by atoms with Crippen LogP contribution < -0.4 is 0 Å². The van der Waals surface area contributed by atoms with Gasteiger partial charge in [0.25, 0.3) is 5.91 Å². The average molecular weight is 188 g/mol. The number of hydrogen-bond donors (Lipinski definition) is 0. The molecule has 0 N–H and O–H groups in total. The third kappa shape index (κ3) is 2.65. The van der Waals surface area contributed by atoms with E-state index in [1.165, 1.54) is 14.2 Å². The minimum atomic E-state index is -0.122. The molecule has 0 aromatic heterocycles. The van der Waals surface area contributed by atoms with Gasteiger partial charge in [0.2, 0.25) is 0 Å². The molecule has 76 valence electrons. The Morgan fingerprint density at radius 1 is 1.46 bits per heavy atom. The first-order valence-electron chi connectivity index (χ1n) is 4.27. The molecular weight excluding hydrogens is 172 g/mol. The van der Waals surface area contributed by atoms with Gasteiger partial charge in [-0.25, -0.2) is 9.68 Å². The molecule has 1 aliphatic heterocycles. The van der Waals surface area contributed by atoms with Gasteiger partial charge in [-0.05, 0) is 13.0 Å². The SMILES string of the molecule is CON(OC)C(=O)CC1CN(C)C1. The Hall–Kier alpha value is -0.650. The molecule has 0 saturated carbocycles. The third-order valence-corrected chi connectivity index (χ3v) is 2.14. The molecular formula is C8H16N2O3. The molecule has 1 heterocycles. The average Bonchev–Trinajstić information content (AvgIpc) is 2.04. The van der Waals surface area contributed by atoms with Crippen LogP contribution in [0.25, 0.3) is 0 Å². The molecule has 1 aliphatic rings. The fraction of sp³-hybridized carbons (Fsp3) is 0.875. The van der Waals surface area contributed by atoms with Crippen molar-refractivity contribution in [2.75, 3.05) is 34.4 Å². The number of likely N-dealkylation sites (tertiary alicyclic amines) is 1. The van der Waals surface area contributed by atoms with Crippen molar-refractivity contribution < 1.29 is 14.5 Å². The second kappa shape index (κ2) is 4.55. The summed E-state index contributed by atoms with van der Waals surface area (Å²) in [7, 11) is 4.86. The third-order valence-electron chi connectivity index (χ3n) is 2.14. The summed E-state index contributed by atoms with van der Waals surface area (Å²) in [6.07, 6.45) is 0.492. The summed E-state index contributed by atoms with van der Waals surface area (Å²) < 4.78 is 0. The quantitative estimate of drug-likeness (QED) is 0.577. The van der Waals surface area contributed by atoms with E-state index in [0.29, 0.717) is 12.3 Å². The molecule has 5 heteroatoms. The summed E-state index contributed by atoms with van der Waals surface area (Å²) in [6, 6.07) is 0. The predicted molar refractivity (Wildman–Crippen MR) is 46.5 cm³/mol. The highest BCUT2D eigenvalue weighted by atomic mass is 16.9. The highest BCUT2D eigenvalue weighted by molar-refractivity contribution is 5.74. The van der Waals surface area contributed by atoms with E-state index in [1.54, 1.807) is 0 Å². The molecule has 5 nitrogen and oxygen atoms in total. The molecule has 1 saturated heterocycles. The van der Waals surface area contributed by atoms with Gasteiger partial charge in [-0.1, -0.05) is 5.23 Å². The summed E-state index contributed by atoms with van der Waals surface area (Å²) in [5.74, 6) is 0.327. The lowest BCUT2D eigenvalue weighted by Crippen LogP contribution is -2.46. The summed E-state index contributed by atoms with van der Waals surface area (Å²) in [6.45, 7) is 1.96. The molecule has 1 amide bonds. The van der Waals surface area contributed by atoms with E-state index in [2.05, 4.69) is 4.90 Å². The number of amides is 1.